The van der Waals surface area contributed by atoms with Crippen LogP contribution >= 0.6 is 0 Å². The number of amides is 1. The molecule has 4 aromatic rings. The van der Waals surface area contributed by atoms with Gasteiger partial charge in [-0.3, -0.25) is 4.79 Å². The van der Waals surface area contributed by atoms with E-state index >= 15 is 0 Å². The Morgan fingerprint density at radius 3 is 2.63 bits per heavy atom. The van der Waals surface area contributed by atoms with Crippen molar-refractivity contribution >= 4 is 28.9 Å². The average Bonchev–Trinajstić information content (AvgIpc) is 3.27. The summed E-state index contributed by atoms with van der Waals surface area (Å²) in [4.78, 5) is 24.2. The van der Waals surface area contributed by atoms with E-state index in [1.165, 1.54) is 13.3 Å². The number of esters is 1. The molecule has 1 N–H and O–H groups in total. The largest absolute Gasteiger partial charge is 0.465 e. The van der Waals surface area contributed by atoms with Gasteiger partial charge in [-0.15, -0.1) is 0 Å². The molecule has 0 bridgehead atoms. The van der Waals surface area contributed by atoms with Crippen LogP contribution < -0.4 is 5.43 Å². The Morgan fingerprint density at radius 1 is 0.967 bits per heavy atom. The van der Waals surface area contributed by atoms with Gasteiger partial charge in [0.25, 0.3) is 5.91 Å². The van der Waals surface area contributed by atoms with E-state index in [-0.39, 0.29) is 5.91 Å². The summed E-state index contributed by atoms with van der Waals surface area (Å²) in [5.41, 5.74) is 4.24. The van der Waals surface area contributed by atoms with Crippen LogP contribution in [0.2, 0.25) is 0 Å². The van der Waals surface area contributed by atoms with E-state index in [1.54, 1.807) is 36.4 Å². The summed E-state index contributed by atoms with van der Waals surface area (Å²) in [5.74, 6) is 0.316. The van der Waals surface area contributed by atoms with Crippen molar-refractivity contribution in [1.82, 2.24) is 5.43 Å². The van der Waals surface area contributed by atoms with Gasteiger partial charge in [0, 0.05) is 11.1 Å². The normalized spacial score (nSPS) is 11.0. The van der Waals surface area contributed by atoms with Crippen molar-refractivity contribution in [2.24, 2.45) is 5.10 Å². The van der Waals surface area contributed by atoms with Gasteiger partial charge in [-0.1, -0.05) is 48.5 Å². The minimum Gasteiger partial charge on any atom is -0.465 e. The second-order valence-corrected chi connectivity index (χ2v) is 6.50. The smallest absolute Gasteiger partial charge is 0.337 e. The van der Waals surface area contributed by atoms with Gasteiger partial charge in [0.15, 0.2) is 0 Å². The second kappa shape index (κ2) is 8.45. The van der Waals surface area contributed by atoms with Crippen molar-refractivity contribution in [3.8, 4) is 11.3 Å². The van der Waals surface area contributed by atoms with Gasteiger partial charge in [0.2, 0.25) is 0 Å². The highest BCUT2D eigenvalue weighted by molar-refractivity contribution is 6.07. The highest BCUT2D eigenvalue weighted by Crippen LogP contribution is 2.23. The Hall–Kier alpha value is -4.19. The van der Waals surface area contributed by atoms with E-state index in [2.05, 4.69) is 10.5 Å². The highest BCUT2D eigenvalue weighted by atomic mass is 16.5. The molecule has 0 spiro atoms. The van der Waals surface area contributed by atoms with Crippen LogP contribution in [-0.4, -0.2) is 25.2 Å². The third-order valence-electron chi connectivity index (χ3n) is 4.59. The zero-order valence-electron chi connectivity index (χ0n) is 16.2. The lowest BCUT2D eigenvalue weighted by Crippen LogP contribution is -2.17. The summed E-state index contributed by atoms with van der Waals surface area (Å²) >= 11 is 0. The Morgan fingerprint density at radius 2 is 1.77 bits per heavy atom. The minimum atomic E-state index is -0.415. The molecule has 0 radical (unpaired) electrons. The highest BCUT2D eigenvalue weighted by Gasteiger charge is 2.10. The zero-order chi connectivity index (χ0) is 20.9. The quantitative estimate of drug-likeness (QED) is 0.301. The fourth-order valence-corrected chi connectivity index (χ4v) is 3.13. The van der Waals surface area contributed by atoms with Gasteiger partial charge >= 0.3 is 5.97 Å². The second-order valence-electron chi connectivity index (χ2n) is 6.50. The third kappa shape index (κ3) is 3.98. The van der Waals surface area contributed by atoms with Crippen LogP contribution in [0.25, 0.3) is 22.1 Å². The first kappa shape index (κ1) is 19.1. The number of fused-ring (bicyclic) bond motifs is 1. The molecule has 30 heavy (non-hydrogen) atoms. The van der Waals surface area contributed by atoms with Crippen molar-refractivity contribution in [1.29, 1.82) is 0 Å². The van der Waals surface area contributed by atoms with Gasteiger partial charge in [-0.2, -0.15) is 5.10 Å². The standard InChI is InChI=1S/C24H18N2O4/c1-29-24(28)18-9-4-8-17(14-18)22-13-12-19(30-22)15-25-26-23(27)21-11-5-7-16-6-2-3-10-20(16)21/h2-15H,1H3,(H,26,27)/b25-15+. The summed E-state index contributed by atoms with van der Waals surface area (Å²) in [6.07, 6.45) is 1.43. The van der Waals surface area contributed by atoms with Crippen molar-refractivity contribution in [2.45, 2.75) is 0 Å². The number of hydrazone groups is 1. The van der Waals surface area contributed by atoms with Gasteiger partial charge in [0.05, 0.1) is 18.9 Å². The predicted molar refractivity (Wildman–Crippen MR) is 114 cm³/mol. The monoisotopic (exact) mass is 398 g/mol. The van der Waals surface area contributed by atoms with Crippen molar-refractivity contribution in [3.63, 3.8) is 0 Å². The molecular weight excluding hydrogens is 380 g/mol. The summed E-state index contributed by atoms with van der Waals surface area (Å²) in [5, 5.41) is 5.84. The molecule has 6 heteroatoms. The van der Waals surface area contributed by atoms with E-state index in [9.17, 15) is 9.59 Å². The van der Waals surface area contributed by atoms with Gasteiger partial charge in [0.1, 0.15) is 11.5 Å². The molecular formula is C24H18N2O4. The van der Waals surface area contributed by atoms with E-state index in [0.717, 1.165) is 16.3 Å². The third-order valence-corrected chi connectivity index (χ3v) is 4.59. The average molecular weight is 398 g/mol. The fourth-order valence-electron chi connectivity index (χ4n) is 3.13. The number of furan rings is 1. The number of methoxy groups -OCH3 is 1. The van der Waals surface area contributed by atoms with Gasteiger partial charge in [-0.25, -0.2) is 10.2 Å². The van der Waals surface area contributed by atoms with Crippen LogP contribution in [0.4, 0.5) is 0 Å². The first-order valence-corrected chi connectivity index (χ1v) is 9.25. The van der Waals surface area contributed by atoms with Crippen molar-refractivity contribution in [3.05, 3.63) is 95.7 Å². The number of hydrogen-bond acceptors (Lipinski definition) is 5. The SMILES string of the molecule is COC(=O)c1cccc(-c2ccc(/C=N/NC(=O)c3cccc4ccccc34)o2)c1. The molecule has 0 aliphatic heterocycles. The number of hydrogen-bond donors (Lipinski definition) is 1. The van der Waals surface area contributed by atoms with E-state index in [0.29, 0.717) is 22.6 Å². The molecule has 0 aliphatic carbocycles. The van der Waals surface area contributed by atoms with Gasteiger partial charge in [-0.05, 0) is 41.1 Å². The van der Waals surface area contributed by atoms with E-state index < -0.39 is 5.97 Å². The summed E-state index contributed by atoms with van der Waals surface area (Å²) < 4.78 is 10.5. The van der Waals surface area contributed by atoms with Gasteiger partial charge < -0.3 is 9.15 Å². The number of ether oxygens (including phenoxy) is 1. The lowest BCUT2D eigenvalue weighted by Gasteiger charge is -2.04. The van der Waals surface area contributed by atoms with Crippen LogP contribution in [0.3, 0.4) is 0 Å². The zero-order valence-corrected chi connectivity index (χ0v) is 16.2. The molecule has 6 nitrogen and oxygen atoms in total. The molecule has 4 rings (SSSR count). The Kier molecular flexibility index (Phi) is 5.39. The molecule has 0 saturated carbocycles. The van der Waals surface area contributed by atoms with Crippen LogP contribution in [-0.2, 0) is 4.74 Å². The van der Waals surface area contributed by atoms with Crippen molar-refractivity contribution < 1.29 is 18.7 Å². The van der Waals surface area contributed by atoms with E-state index in [1.807, 2.05) is 42.5 Å². The number of rotatable bonds is 5. The Labute approximate surface area is 172 Å². The lowest BCUT2D eigenvalue weighted by atomic mass is 10.0. The summed E-state index contributed by atoms with van der Waals surface area (Å²) in [6.45, 7) is 0. The van der Waals surface area contributed by atoms with Crippen LogP contribution in [0.15, 0.2) is 88.4 Å². The maximum absolute atomic E-state index is 12.5. The number of benzene rings is 3. The molecule has 1 heterocycles. The fraction of sp³-hybridized carbons (Fsp3) is 0.0417. The lowest BCUT2D eigenvalue weighted by molar-refractivity contribution is 0.0600. The maximum atomic E-state index is 12.5. The Bertz CT molecular complexity index is 1250. The van der Waals surface area contributed by atoms with Crippen LogP contribution in [0, 0.1) is 0 Å². The number of nitrogens with zero attached hydrogens (tertiary/aromatic N) is 1. The first-order chi connectivity index (χ1) is 14.7. The predicted octanol–water partition coefficient (Wildman–Crippen LogP) is 4.65. The molecule has 1 amide bonds. The summed E-state index contributed by atoms with van der Waals surface area (Å²) in [7, 11) is 1.34. The van der Waals surface area contributed by atoms with Crippen LogP contribution in [0.5, 0.6) is 0 Å². The van der Waals surface area contributed by atoms with Crippen LogP contribution in [0.1, 0.15) is 26.5 Å². The molecule has 3 aromatic carbocycles. The molecule has 148 valence electrons. The summed E-state index contributed by atoms with van der Waals surface area (Å²) in [6, 6.07) is 23.7. The van der Waals surface area contributed by atoms with Crippen molar-refractivity contribution in [2.75, 3.05) is 7.11 Å². The molecule has 0 fully saturated rings. The number of carbonyl (C=O) groups excluding carboxylic acids is 2. The first-order valence-electron chi connectivity index (χ1n) is 9.25. The molecule has 0 aliphatic rings. The topological polar surface area (TPSA) is 80.9 Å². The maximum Gasteiger partial charge on any atom is 0.337 e. The number of carbonyl (C=O) groups is 2. The minimum absolute atomic E-state index is 0.305. The van der Waals surface area contributed by atoms with E-state index in [4.69, 9.17) is 9.15 Å². The molecule has 0 saturated heterocycles. The number of nitrogens with one attached hydrogen (secondary N) is 1. The molecule has 0 unspecified atom stereocenters. The molecule has 1 aromatic heterocycles. The Balaban J connectivity index is 1.48. The molecule has 0 atom stereocenters.